The van der Waals surface area contributed by atoms with E-state index in [0.29, 0.717) is 22.6 Å². The molecule has 0 unspecified atom stereocenters. The minimum Gasteiger partial charge on any atom is -0.478 e. The van der Waals surface area contributed by atoms with Crippen molar-refractivity contribution in [2.75, 3.05) is 5.32 Å². The fraction of sp³-hybridized carbons (Fsp3) is 0. The van der Waals surface area contributed by atoms with Crippen molar-refractivity contribution in [3.05, 3.63) is 88.5 Å². The number of nitro benzene ring substituents is 1. The second-order valence-corrected chi connectivity index (χ2v) is 5.74. The number of carboxylic acids is 1. The van der Waals surface area contributed by atoms with Crippen LogP contribution in [0.3, 0.4) is 0 Å². The fourth-order valence-corrected chi connectivity index (χ4v) is 2.49. The number of carbonyl (C=O) groups excluding carboxylic acids is 1. The van der Waals surface area contributed by atoms with Crippen LogP contribution in [0.25, 0.3) is 11.1 Å². The van der Waals surface area contributed by atoms with Gasteiger partial charge in [0.15, 0.2) is 0 Å². The maximum absolute atomic E-state index is 11.9. The molecule has 3 aromatic carbocycles. The Labute approximate surface area is 159 Å². The van der Waals surface area contributed by atoms with Crippen LogP contribution in [0.5, 0.6) is 5.75 Å². The normalized spacial score (nSPS) is 10.1. The summed E-state index contributed by atoms with van der Waals surface area (Å²) in [5, 5.41) is 22.7. The largest absolute Gasteiger partial charge is 0.478 e. The number of rotatable bonds is 5. The number of nitro groups is 1. The van der Waals surface area contributed by atoms with Gasteiger partial charge < -0.3 is 9.84 Å². The molecule has 28 heavy (non-hydrogen) atoms. The summed E-state index contributed by atoms with van der Waals surface area (Å²) in [5.74, 6) is -0.860. The maximum atomic E-state index is 11.9. The lowest BCUT2D eigenvalue weighted by atomic mass is 10.0. The van der Waals surface area contributed by atoms with Gasteiger partial charge in [-0.25, -0.2) is 9.59 Å². The summed E-state index contributed by atoms with van der Waals surface area (Å²) >= 11 is 0. The number of carbonyl (C=O) groups is 2. The number of aromatic carboxylic acids is 1. The van der Waals surface area contributed by atoms with Crippen molar-refractivity contribution in [3.63, 3.8) is 0 Å². The molecular weight excluding hydrogens is 364 g/mol. The zero-order valence-corrected chi connectivity index (χ0v) is 14.4. The van der Waals surface area contributed by atoms with Crippen LogP contribution < -0.4 is 10.1 Å². The molecule has 0 heterocycles. The van der Waals surface area contributed by atoms with Gasteiger partial charge in [0.25, 0.3) is 5.69 Å². The van der Waals surface area contributed by atoms with Gasteiger partial charge in [0.1, 0.15) is 5.75 Å². The predicted molar refractivity (Wildman–Crippen MR) is 102 cm³/mol. The van der Waals surface area contributed by atoms with Gasteiger partial charge in [0, 0.05) is 17.8 Å². The van der Waals surface area contributed by atoms with Gasteiger partial charge in [-0.1, -0.05) is 30.3 Å². The molecular formula is C20H14N2O6. The lowest BCUT2D eigenvalue weighted by molar-refractivity contribution is -0.384. The van der Waals surface area contributed by atoms with Gasteiger partial charge in [-0.15, -0.1) is 0 Å². The van der Waals surface area contributed by atoms with E-state index in [-0.39, 0.29) is 11.3 Å². The number of benzene rings is 3. The molecule has 0 atom stereocenters. The Hall–Kier alpha value is -4.20. The summed E-state index contributed by atoms with van der Waals surface area (Å²) < 4.78 is 5.13. The topological polar surface area (TPSA) is 119 Å². The zero-order chi connectivity index (χ0) is 20.1. The number of ether oxygens (including phenoxy) is 1. The SMILES string of the molecule is O=C(Nc1ccc(-c2cc(C(=O)O)cc([N+](=O)[O-])c2)cc1)Oc1ccccc1. The highest BCUT2D eigenvalue weighted by Gasteiger charge is 2.15. The van der Waals surface area contributed by atoms with Gasteiger partial charge in [-0.3, -0.25) is 15.4 Å². The predicted octanol–water partition coefficient (Wildman–Crippen LogP) is 4.57. The standard InChI is InChI=1S/C20H14N2O6/c23-19(24)15-10-14(11-17(12-15)22(26)27)13-6-8-16(9-7-13)21-20(25)28-18-4-2-1-3-5-18/h1-12H,(H,21,25)(H,23,24). The molecule has 0 aliphatic carbocycles. The molecule has 0 aliphatic heterocycles. The minimum absolute atomic E-state index is 0.183. The molecule has 8 nitrogen and oxygen atoms in total. The van der Waals surface area contributed by atoms with Gasteiger partial charge in [0.05, 0.1) is 10.5 Å². The number of anilines is 1. The van der Waals surface area contributed by atoms with Gasteiger partial charge in [-0.05, 0) is 41.5 Å². The number of para-hydroxylation sites is 1. The molecule has 3 rings (SSSR count). The Morgan fingerprint density at radius 1 is 0.929 bits per heavy atom. The summed E-state index contributed by atoms with van der Waals surface area (Å²) in [5.41, 5.74) is 0.896. The number of nitrogens with zero attached hydrogens (tertiary/aromatic N) is 1. The molecule has 0 bridgehead atoms. The molecule has 2 N–H and O–H groups in total. The molecule has 0 saturated heterocycles. The van der Waals surface area contributed by atoms with Crippen molar-refractivity contribution in [1.29, 1.82) is 0 Å². The average molecular weight is 378 g/mol. The van der Waals surface area contributed by atoms with Crippen LogP contribution in [0.4, 0.5) is 16.2 Å². The van der Waals surface area contributed by atoms with Crippen molar-refractivity contribution in [2.45, 2.75) is 0 Å². The Balaban J connectivity index is 1.78. The lowest BCUT2D eigenvalue weighted by Gasteiger charge is -2.08. The Bertz CT molecular complexity index is 1000. The van der Waals surface area contributed by atoms with Crippen molar-refractivity contribution in [1.82, 2.24) is 0 Å². The smallest absolute Gasteiger partial charge is 0.417 e. The Kier molecular flexibility index (Phi) is 5.31. The molecule has 0 saturated carbocycles. The number of non-ortho nitro benzene ring substituents is 1. The number of hydrogen-bond acceptors (Lipinski definition) is 5. The van der Waals surface area contributed by atoms with E-state index < -0.39 is 17.0 Å². The summed E-state index contributed by atoms with van der Waals surface area (Å²) in [6.07, 6.45) is -0.664. The van der Waals surface area contributed by atoms with Crippen LogP contribution in [0.15, 0.2) is 72.8 Å². The summed E-state index contributed by atoms with van der Waals surface area (Å²) in [7, 11) is 0. The minimum atomic E-state index is -1.26. The molecule has 0 fully saturated rings. The fourth-order valence-electron chi connectivity index (χ4n) is 2.49. The summed E-state index contributed by atoms with van der Waals surface area (Å²) in [4.78, 5) is 33.5. The van der Waals surface area contributed by atoms with Crippen LogP contribution >= 0.6 is 0 Å². The molecule has 0 spiro atoms. The molecule has 1 amide bonds. The van der Waals surface area contributed by atoms with Crippen molar-refractivity contribution in [2.24, 2.45) is 0 Å². The second-order valence-electron chi connectivity index (χ2n) is 5.74. The van der Waals surface area contributed by atoms with Gasteiger partial charge in [0.2, 0.25) is 0 Å². The molecule has 0 aromatic heterocycles. The lowest BCUT2D eigenvalue weighted by Crippen LogP contribution is -2.16. The molecule has 3 aromatic rings. The van der Waals surface area contributed by atoms with E-state index in [9.17, 15) is 19.7 Å². The van der Waals surface area contributed by atoms with Crippen molar-refractivity contribution < 1.29 is 24.4 Å². The number of amides is 1. The maximum Gasteiger partial charge on any atom is 0.417 e. The monoisotopic (exact) mass is 378 g/mol. The molecule has 0 radical (unpaired) electrons. The molecule has 140 valence electrons. The van der Waals surface area contributed by atoms with E-state index in [2.05, 4.69) is 5.32 Å². The van der Waals surface area contributed by atoms with Crippen LogP contribution in [-0.2, 0) is 0 Å². The van der Waals surface area contributed by atoms with Crippen LogP contribution in [-0.4, -0.2) is 22.1 Å². The first-order valence-electron chi connectivity index (χ1n) is 8.09. The number of nitrogens with one attached hydrogen (secondary N) is 1. The van der Waals surface area contributed by atoms with Gasteiger partial charge in [-0.2, -0.15) is 0 Å². The highest BCUT2D eigenvalue weighted by molar-refractivity contribution is 5.91. The zero-order valence-electron chi connectivity index (χ0n) is 14.4. The van der Waals surface area contributed by atoms with Crippen molar-refractivity contribution in [3.8, 4) is 16.9 Å². The van der Waals surface area contributed by atoms with Gasteiger partial charge >= 0.3 is 12.1 Å². The Morgan fingerprint density at radius 2 is 1.61 bits per heavy atom. The third-order valence-electron chi connectivity index (χ3n) is 3.79. The van der Waals surface area contributed by atoms with Crippen LogP contribution in [0.1, 0.15) is 10.4 Å². The van der Waals surface area contributed by atoms with E-state index in [1.165, 1.54) is 12.1 Å². The van der Waals surface area contributed by atoms with E-state index in [1.807, 2.05) is 0 Å². The highest BCUT2D eigenvalue weighted by atomic mass is 16.6. The van der Waals surface area contributed by atoms with E-state index in [4.69, 9.17) is 9.84 Å². The first kappa shape index (κ1) is 18.6. The van der Waals surface area contributed by atoms with E-state index in [1.54, 1.807) is 54.6 Å². The number of carboxylic acid groups (broad SMARTS) is 1. The first-order valence-corrected chi connectivity index (χ1v) is 8.09. The molecule has 8 heteroatoms. The van der Waals surface area contributed by atoms with E-state index >= 15 is 0 Å². The Morgan fingerprint density at radius 3 is 2.21 bits per heavy atom. The number of hydrogen-bond donors (Lipinski definition) is 2. The van der Waals surface area contributed by atoms with Crippen LogP contribution in [0.2, 0.25) is 0 Å². The van der Waals surface area contributed by atoms with Crippen molar-refractivity contribution >= 4 is 23.4 Å². The third-order valence-corrected chi connectivity index (χ3v) is 3.79. The summed E-state index contributed by atoms with van der Waals surface area (Å²) in [6.45, 7) is 0. The third kappa shape index (κ3) is 4.50. The summed E-state index contributed by atoms with van der Waals surface area (Å²) in [6, 6.07) is 18.6. The van der Waals surface area contributed by atoms with Crippen LogP contribution in [0, 0.1) is 10.1 Å². The first-order chi connectivity index (χ1) is 13.4. The quantitative estimate of drug-likeness (QED) is 0.496. The highest BCUT2D eigenvalue weighted by Crippen LogP contribution is 2.27. The molecule has 0 aliphatic rings. The average Bonchev–Trinajstić information content (AvgIpc) is 2.68. The second kappa shape index (κ2) is 8.00. The van der Waals surface area contributed by atoms with E-state index in [0.717, 1.165) is 6.07 Å².